The SMILES string of the molecule is C=CC(C)(CNC(C)(C)C)Cc1ccc2c(c1)CCC2. The molecule has 1 N–H and O–H groups in total. The van der Waals surface area contributed by atoms with Crippen molar-refractivity contribution in [3.63, 3.8) is 0 Å². The molecule has 0 radical (unpaired) electrons. The molecule has 0 heterocycles. The van der Waals surface area contributed by atoms with Crippen LogP contribution in [0.5, 0.6) is 0 Å². The molecule has 0 amide bonds. The fourth-order valence-electron chi connectivity index (χ4n) is 2.88. The first-order valence-electron chi connectivity index (χ1n) is 7.81. The van der Waals surface area contributed by atoms with E-state index in [9.17, 15) is 0 Å². The number of hydrogen-bond acceptors (Lipinski definition) is 1. The zero-order chi connectivity index (χ0) is 14.8. The molecular formula is C19H29N. The third-order valence-electron chi connectivity index (χ3n) is 4.29. The van der Waals surface area contributed by atoms with E-state index < -0.39 is 0 Å². The topological polar surface area (TPSA) is 12.0 Å². The molecule has 1 unspecified atom stereocenters. The van der Waals surface area contributed by atoms with Gasteiger partial charge in [-0.15, -0.1) is 6.58 Å². The molecule has 1 atom stereocenters. The van der Waals surface area contributed by atoms with Crippen LogP contribution < -0.4 is 5.32 Å². The number of rotatable bonds is 5. The summed E-state index contributed by atoms with van der Waals surface area (Å²) >= 11 is 0. The van der Waals surface area contributed by atoms with E-state index in [1.54, 1.807) is 11.1 Å². The lowest BCUT2D eigenvalue weighted by Crippen LogP contribution is -2.43. The van der Waals surface area contributed by atoms with Crippen LogP contribution in [-0.4, -0.2) is 12.1 Å². The highest BCUT2D eigenvalue weighted by molar-refractivity contribution is 5.36. The van der Waals surface area contributed by atoms with E-state index in [1.165, 1.54) is 24.8 Å². The van der Waals surface area contributed by atoms with Crippen molar-refractivity contribution in [2.75, 3.05) is 6.54 Å². The maximum absolute atomic E-state index is 4.06. The Morgan fingerprint density at radius 2 is 1.85 bits per heavy atom. The second kappa shape index (κ2) is 5.73. The van der Waals surface area contributed by atoms with E-state index in [2.05, 4.69) is 63.9 Å². The minimum atomic E-state index is 0.111. The molecule has 2 rings (SSSR count). The molecule has 110 valence electrons. The first-order valence-corrected chi connectivity index (χ1v) is 7.81. The normalized spacial score (nSPS) is 17.6. The van der Waals surface area contributed by atoms with E-state index in [1.807, 2.05) is 0 Å². The Hall–Kier alpha value is -1.08. The van der Waals surface area contributed by atoms with Gasteiger partial charge in [-0.25, -0.2) is 0 Å². The lowest BCUT2D eigenvalue weighted by atomic mass is 9.82. The maximum atomic E-state index is 4.06. The average Bonchev–Trinajstić information content (AvgIpc) is 2.83. The van der Waals surface area contributed by atoms with Crippen molar-refractivity contribution in [1.82, 2.24) is 5.32 Å². The van der Waals surface area contributed by atoms with Gasteiger partial charge in [-0.3, -0.25) is 0 Å². The van der Waals surface area contributed by atoms with Crippen molar-refractivity contribution in [3.05, 3.63) is 47.5 Å². The lowest BCUT2D eigenvalue weighted by Gasteiger charge is -2.31. The molecule has 0 saturated heterocycles. The summed E-state index contributed by atoms with van der Waals surface area (Å²) in [5.41, 5.74) is 4.84. The van der Waals surface area contributed by atoms with Crippen LogP contribution in [0.1, 0.15) is 50.8 Å². The molecule has 1 heteroatoms. The van der Waals surface area contributed by atoms with Crippen LogP contribution in [0.4, 0.5) is 0 Å². The molecule has 0 spiro atoms. The summed E-state index contributed by atoms with van der Waals surface area (Å²) in [5, 5.41) is 3.61. The van der Waals surface area contributed by atoms with E-state index in [4.69, 9.17) is 0 Å². The number of fused-ring (bicyclic) bond motifs is 1. The Kier molecular flexibility index (Phi) is 4.39. The Morgan fingerprint density at radius 1 is 1.15 bits per heavy atom. The summed E-state index contributed by atoms with van der Waals surface area (Å²) in [7, 11) is 0. The fourth-order valence-corrected chi connectivity index (χ4v) is 2.88. The van der Waals surface area contributed by atoms with E-state index in [0.717, 1.165) is 13.0 Å². The molecule has 0 bridgehead atoms. The summed E-state index contributed by atoms with van der Waals surface area (Å²) in [6.45, 7) is 14.0. The van der Waals surface area contributed by atoms with Gasteiger partial charge >= 0.3 is 0 Å². The Balaban J connectivity index is 2.07. The Morgan fingerprint density at radius 3 is 2.50 bits per heavy atom. The van der Waals surface area contributed by atoms with Crippen LogP contribution in [0.15, 0.2) is 30.9 Å². The number of aryl methyl sites for hydroxylation is 2. The van der Waals surface area contributed by atoms with Gasteiger partial charge in [0.15, 0.2) is 0 Å². The van der Waals surface area contributed by atoms with Crippen LogP contribution in [0, 0.1) is 5.41 Å². The van der Waals surface area contributed by atoms with Crippen molar-refractivity contribution >= 4 is 0 Å². The molecule has 0 saturated carbocycles. The first-order chi connectivity index (χ1) is 9.31. The van der Waals surface area contributed by atoms with Crippen LogP contribution in [-0.2, 0) is 19.3 Å². The van der Waals surface area contributed by atoms with Crippen LogP contribution >= 0.6 is 0 Å². The molecule has 1 aliphatic carbocycles. The molecule has 0 aromatic heterocycles. The van der Waals surface area contributed by atoms with Gasteiger partial charge in [0.1, 0.15) is 0 Å². The molecular weight excluding hydrogens is 242 g/mol. The van der Waals surface area contributed by atoms with Gasteiger partial charge in [0.05, 0.1) is 0 Å². The summed E-state index contributed by atoms with van der Waals surface area (Å²) < 4.78 is 0. The standard InChI is InChI=1S/C19H29N/c1-6-19(5,14-20-18(2,3)4)13-15-10-11-16-8-7-9-17(16)12-15/h6,10-12,20H,1,7-9,13-14H2,2-5H3. The predicted octanol–water partition coefficient (Wildman–Crippen LogP) is 4.30. The Labute approximate surface area is 124 Å². The minimum absolute atomic E-state index is 0.111. The van der Waals surface area contributed by atoms with Crippen molar-refractivity contribution < 1.29 is 0 Å². The smallest absolute Gasteiger partial charge is 0.00968 e. The van der Waals surface area contributed by atoms with Crippen LogP contribution in [0.2, 0.25) is 0 Å². The first kappa shape index (κ1) is 15.3. The van der Waals surface area contributed by atoms with Gasteiger partial charge < -0.3 is 5.32 Å². The number of hydrogen-bond donors (Lipinski definition) is 1. The highest BCUT2D eigenvalue weighted by Gasteiger charge is 2.24. The maximum Gasteiger partial charge on any atom is 0.00968 e. The van der Waals surface area contributed by atoms with Crippen LogP contribution in [0.25, 0.3) is 0 Å². The second-order valence-corrected chi connectivity index (χ2v) is 7.60. The van der Waals surface area contributed by atoms with Gasteiger partial charge in [-0.2, -0.15) is 0 Å². The van der Waals surface area contributed by atoms with Crippen molar-refractivity contribution in [2.45, 2.75) is 58.9 Å². The van der Waals surface area contributed by atoms with Gasteiger partial charge in [-0.05, 0) is 63.1 Å². The van der Waals surface area contributed by atoms with Gasteiger partial charge in [0.2, 0.25) is 0 Å². The molecule has 1 nitrogen and oxygen atoms in total. The quantitative estimate of drug-likeness (QED) is 0.787. The molecule has 0 aliphatic heterocycles. The highest BCUT2D eigenvalue weighted by atomic mass is 15.0. The van der Waals surface area contributed by atoms with E-state index >= 15 is 0 Å². The lowest BCUT2D eigenvalue weighted by molar-refractivity contribution is 0.322. The third kappa shape index (κ3) is 3.96. The van der Waals surface area contributed by atoms with Crippen molar-refractivity contribution in [3.8, 4) is 0 Å². The van der Waals surface area contributed by atoms with E-state index in [0.29, 0.717) is 0 Å². The summed E-state index contributed by atoms with van der Waals surface area (Å²) in [5.74, 6) is 0. The largest absolute Gasteiger partial charge is 0.311 e. The summed E-state index contributed by atoms with van der Waals surface area (Å²) in [6.07, 6.45) is 7.02. The average molecular weight is 271 g/mol. The second-order valence-electron chi connectivity index (χ2n) is 7.60. The van der Waals surface area contributed by atoms with Gasteiger partial charge in [0, 0.05) is 17.5 Å². The van der Waals surface area contributed by atoms with Gasteiger partial charge in [0.25, 0.3) is 0 Å². The molecule has 1 aromatic rings. The monoisotopic (exact) mass is 271 g/mol. The van der Waals surface area contributed by atoms with Gasteiger partial charge in [-0.1, -0.05) is 31.2 Å². The zero-order valence-electron chi connectivity index (χ0n) is 13.6. The fraction of sp³-hybridized carbons (Fsp3) is 0.579. The van der Waals surface area contributed by atoms with Crippen LogP contribution in [0.3, 0.4) is 0 Å². The predicted molar refractivity (Wildman–Crippen MR) is 88.2 cm³/mol. The van der Waals surface area contributed by atoms with E-state index in [-0.39, 0.29) is 11.0 Å². The molecule has 0 fully saturated rings. The molecule has 20 heavy (non-hydrogen) atoms. The summed E-state index contributed by atoms with van der Waals surface area (Å²) in [4.78, 5) is 0. The molecule has 1 aliphatic rings. The van der Waals surface area contributed by atoms with Crippen molar-refractivity contribution in [2.24, 2.45) is 5.41 Å². The zero-order valence-corrected chi connectivity index (χ0v) is 13.6. The van der Waals surface area contributed by atoms with Crippen molar-refractivity contribution in [1.29, 1.82) is 0 Å². The Bertz CT molecular complexity index is 481. The molecule has 1 aromatic carbocycles. The highest BCUT2D eigenvalue weighted by Crippen LogP contribution is 2.28. The number of benzene rings is 1. The third-order valence-corrected chi connectivity index (χ3v) is 4.29. The minimum Gasteiger partial charge on any atom is -0.311 e. The summed E-state index contributed by atoms with van der Waals surface area (Å²) in [6, 6.07) is 7.06. The number of nitrogens with one attached hydrogen (secondary N) is 1.